The minimum Gasteiger partial charge on any atom is -0.481 e. The van der Waals surface area contributed by atoms with Gasteiger partial charge >= 0.3 is 5.97 Å². The molecular weight excluding hydrogens is 731 g/mol. The molecule has 7 rings (SSSR count). The molecule has 1 aliphatic carbocycles. The van der Waals surface area contributed by atoms with Crippen LogP contribution in [0.1, 0.15) is 66.1 Å². The van der Waals surface area contributed by atoms with Gasteiger partial charge in [-0.15, -0.1) is 0 Å². The van der Waals surface area contributed by atoms with Gasteiger partial charge in [-0.25, -0.2) is 9.97 Å². The number of aromatic nitrogens is 4. The number of anilines is 1. The zero-order chi connectivity index (χ0) is 37.9. The maximum absolute atomic E-state index is 13.7. The van der Waals surface area contributed by atoms with Gasteiger partial charge in [-0.1, -0.05) is 41.4 Å². The van der Waals surface area contributed by atoms with E-state index in [4.69, 9.17) is 37.9 Å². The van der Waals surface area contributed by atoms with Crippen LogP contribution in [0.2, 0.25) is 10.0 Å². The normalized spacial score (nSPS) is 20.0. The molecule has 1 aromatic carbocycles. The van der Waals surface area contributed by atoms with Crippen LogP contribution < -0.4 is 20.7 Å². The van der Waals surface area contributed by atoms with Gasteiger partial charge in [0, 0.05) is 81.5 Å². The Morgan fingerprint density at radius 2 is 1.83 bits per heavy atom. The molecule has 3 aromatic heterocycles. The first-order valence-corrected chi connectivity index (χ1v) is 19.1. The first kappa shape index (κ1) is 37.7. The first-order chi connectivity index (χ1) is 26.1. The molecular formula is C39H44Cl2N8O5. The van der Waals surface area contributed by atoms with Crippen molar-refractivity contribution in [3.05, 3.63) is 75.4 Å². The summed E-state index contributed by atoms with van der Waals surface area (Å²) in [6.45, 7) is 3.61. The molecule has 4 aromatic rings. The van der Waals surface area contributed by atoms with Crippen LogP contribution in [0.5, 0.6) is 5.88 Å². The van der Waals surface area contributed by atoms with E-state index in [2.05, 4.69) is 25.8 Å². The molecule has 1 atom stereocenters. The second-order valence-electron chi connectivity index (χ2n) is 14.4. The third kappa shape index (κ3) is 8.09. The second kappa shape index (κ2) is 16.4. The SMILES string of the molecule is COc1nc(-c2ccnc(-c3cccc(NC(=O)c4nc5c(n4C)CN(C[C@H]4CC[C@H](C(=O)O)CC4)CC5)c3Cl)c2Cl)ccc1CNC[C@H]1CCC(=O)N1. The summed E-state index contributed by atoms with van der Waals surface area (Å²) in [5, 5.41) is 19.3. The highest BCUT2D eigenvalue weighted by Crippen LogP contribution is 2.40. The van der Waals surface area contributed by atoms with E-state index in [1.807, 2.05) is 23.7 Å². The number of nitrogens with one attached hydrogen (secondary N) is 3. The number of carbonyl (C=O) groups excluding carboxylic acids is 2. The van der Waals surface area contributed by atoms with Crippen LogP contribution in [0, 0.1) is 11.8 Å². The quantitative estimate of drug-likeness (QED) is 0.140. The largest absolute Gasteiger partial charge is 0.481 e. The van der Waals surface area contributed by atoms with Crippen LogP contribution in [0.15, 0.2) is 42.6 Å². The van der Waals surface area contributed by atoms with Crippen LogP contribution in [0.4, 0.5) is 5.69 Å². The highest BCUT2D eigenvalue weighted by Gasteiger charge is 2.30. The molecule has 13 nitrogen and oxygen atoms in total. The number of halogens is 2. The van der Waals surface area contributed by atoms with Gasteiger partial charge in [0.05, 0.1) is 51.5 Å². The van der Waals surface area contributed by atoms with Gasteiger partial charge < -0.3 is 30.4 Å². The number of benzene rings is 1. The summed E-state index contributed by atoms with van der Waals surface area (Å²) in [6.07, 6.45) is 7.05. The Kier molecular flexibility index (Phi) is 11.5. The predicted molar refractivity (Wildman–Crippen MR) is 206 cm³/mol. The van der Waals surface area contributed by atoms with Crippen LogP contribution in [-0.4, -0.2) is 80.1 Å². The number of rotatable bonds is 12. The first-order valence-electron chi connectivity index (χ1n) is 18.4. The van der Waals surface area contributed by atoms with Gasteiger partial charge in [0.15, 0.2) is 5.82 Å². The van der Waals surface area contributed by atoms with E-state index >= 15 is 0 Å². The molecule has 1 saturated carbocycles. The summed E-state index contributed by atoms with van der Waals surface area (Å²) in [5.41, 5.74) is 5.39. The number of hydrogen-bond acceptors (Lipinski definition) is 9. The fourth-order valence-electron chi connectivity index (χ4n) is 7.82. The van der Waals surface area contributed by atoms with Crippen molar-refractivity contribution in [3.8, 4) is 28.4 Å². The van der Waals surface area contributed by atoms with Gasteiger partial charge in [-0.3, -0.25) is 24.3 Å². The van der Waals surface area contributed by atoms with E-state index in [0.717, 1.165) is 68.6 Å². The molecule has 0 bridgehead atoms. The molecule has 2 fully saturated rings. The Morgan fingerprint density at radius 1 is 1.02 bits per heavy atom. The topological polar surface area (TPSA) is 164 Å². The number of carboxylic acids is 1. The number of imidazole rings is 1. The highest BCUT2D eigenvalue weighted by atomic mass is 35.5. The molecule has 0 unspecified atom stereocenters. The Bertz CT molecular complexity index is 2060. The third-order valence-corrected chi connectivity index (χ3v) is 11.6. The molecule has 2 amide bonds. The van der Waals surface area contributed by atoms with Crippen molar-refractivity contribution in [2.24, 2.45) is 18.9 Å². The van der Waals surface area contributed by atoms with Gasteiger partial charge in [0.2, 0.25) is 11.8 Å². The summed E-state index contributed by atoms with van der Waals surface area (Å²) < 4.78 is 7.48. The monoisotopic (exact) mass is 774 g/mol. The number of carboxylic acid groups (broad SMARTS) is 1. The minimum atomic E-state index is -0.686. The number of pyridine rings is 2. The summed E-state index contributed by atoms with van der Waals surface area (Å²) in [7, 11) is 3.43. The third-order valence-electron chi connectivity index (χ3n) is 10.8. The molecule has 284 valence electrons. The fourth-order valence-corrected chi connectivity index (χ4v) is 8.39. The average molecular weight is 776 g/mol. The van der Waals surface area contributed by atoms with E-state index < -0.39 is 5.97 Å². The summed E-state index contributed by atoms with van der Waals surface area (Å²) in [5.74, 6) is 0.0236. The van der Waals surface area contributed by atoms with E-state index in [1.165, 1.54) is 0 Å². The van der Waals surface area contributed by atoms with E-state index in [-0.39, 0.29) is 28.8 Å². The second-order valence-corrected chi connectivity index (χ2v) is 15.1. The number of fused-ring (bicyclic) bond motifs is 1. The van der Waals surface area contributed by atoms with E-state index in [9.17, 15) is 19.5 Å². The zero-order valence-electron chi connectivity index (χ0n) is 30.3. The van der Waals surface area contributed by atoms with Crippen molar-refractivity contribution >= 4 is 46.7 Å². The lowest BCUT2D eigenvalue weighted by Gasteiger charge is -2.33. The van der Waals surface area contributed by atoms with Crippen molar-refractivity contribution in [2.45, 2.75) is 64.1 Å². The number of ether oxygens (including phenoxy) is 1. The number of nitrogens with zero attached hydrogens (tertiary/aromatic N) is 5. The Labute approximate surface area is 323 Å². The van der Waals surface area contributed by atoms with Gasteiger partial charge in [0.25, 0.3) is 5.91 Å². The van der Waals surface area contributed by atoms with Crippen molar-refractivity contribution < 1.29 is 24.2 Å². The molecule has 0 spiro atoms. The maximum atomic E-state index is 13.7. The number of carbonyl (C=O) groups is 3. The van der Waals surface area contributed by atoms with Gasteiger partial charge in [0.1, 0.15) is 0 Å². The molecule has 2 aliphatic heterocycles. The van der Waals surface area contributed by atoms with Crippen LogP contribution in [-0.2, 0) is 36.1 Å². The molecule has 15 heteroatoms. The van der Waals surface area contributed by atoms with Crippen molar-refractivity contribution in [1.82, 2.24) is 35.1 Å². The predicted octanol–water partition coefficient (Wildman–Crippen LogP) is 5.73. The summed E-state index contributed by atoms with van der Waals surface area (Å²) in [6, 6.07) is 11.0. The maximum Gasteiger partial charge on any atom is 0.306 e. The van der Waals surface area contributed by atoms with Crippen molar-refractivity contribution in [1.29, 1.82) is 0 Å². The molecule has 3 aliphatic rings. The van der Waals surface area contributed by atoms with E-state index in [1.54, 1.807) is 37.6 Å². The van der Waals surface area contributed by atoms with Crippen molar-refractivity contribution in [2.75, 3.05) is 32.1 Å². The van der Waals surface area contributed by atoms with Crippen LogP contribution in [0.3, 0.4) is 0 Å². The molecule has 0 radical (unpaired) electrons. The highest BCUT2D eigenvalue weighted by molar-refractivity contribution is 6.39. The number of aliphatic carboxylic acids is 1. The Morgan fingerprint density at radius 3 is 2.57 bits per heavy atom. The number of methoxy groups -OCH3 is 1. The van der Waals surface area contributed by atoms with E-state index in [0.29, 0.717) is 76.9 Å². The van der Waals surface area contributed by atoms with Crippen LogP contribution >= 0.6 is 23.2 Å². The lowest BCUT2D eigenvalue weighted by Crippen LogP contribution is -2.37. The average Bonchev–Trinajstić information content (AvgIpc) is 3.74. The zero-order valence-corrected chi connectivity index (χ0v) is 31.8. The standard InChI is InChI=1S/C39H44Cl2N8O5/c1-48-31-21-49(20-22-6-8-23(9-7-22)39(52)53)17-15-29(31)45-36(48)37(51)46-30-5-3-4-27(33(30)40)35-34(41)26(14-16-43-35)28-12-10-24(38(47-28)54-2)18-42-19-25-11-13-32(50)44-25/h3-5,10,12,14,16,22-23,25,42H,6-9,11,13,15,17-21H2,1-2H3,(H,44,50)(H,46,51)(H,52,53)/t22-,23-,25-/m1/s1. The fraction of sp³-hybridized carbons (Fsp3) is 0.436. The Hall–Kier alpha value is -4.56. The minimum absolute atomic E-state index is 0.0824. The lowest BCUT2D eigenvalue weighted by molar-refractivity contribution is -0.143. The molecule has 4 N–H and O–H groups in total. The van der Waals surface area contributed by atoms with Crippen LogP contribution in [0.25, 0.3) is 22.5 Å². The van der Waals surface area contributed by atoms with Gasteiger partial charge in [-0.2, -0.15) is 0 Å². The number of amides is 2. The Balaban J connectivity index is 1.03. The molecule has 5 heterocycles. The van der Waals surface area contributed by atoms with Crippen molar-refractivity contribution in [3.63, 3.8) is 0 Å². The molecule has 1 saturated heterocycles. The summed E-state index contributed by atoms with van der Waals surface area (Å²) in [4.78, 5) is 53.0. The lowest BCUT2D eigenvalue weighted by atomic mass is 9.81. The van der Waals surface area contributed by atoms with Gasteiger partial charge in [-0.05, 0) is 56.2 Å². The molecule has 54 heavy (non-hydrogen) atoms. The number of hydrogen-bond donors (Lipinski definition) is 4. The summed E-state index contributed by atoms with van der Waals surface area (Å²) >= 11 is 14.0. The smallest absolute Gasteiger partial charge is 0.306 e.